The highest BCUT2D eigenvalue weighted by atomic mass is 16.5. The number of likely N-dealkylation sites (tertiary alicyclic amines) is 1. The molecule has 1 atom stereocenters. The number of hydrogen-bond acceptors (Lipinski definition) is 4. The van der Waals surface area contributed by atoms with Crippen molar-refractivity contribution in [2.45, 2.75) is 25.7 Å². The molecule has 2 saturated heterocycles. The summed E-state index contributed by atoms with van der Waals surface area (Å²) < 4.78 is 5.43. The standard InChI is InChI=1S/C21H33N3O2/c1-22(2)20-8-5-18(6-9-20)7-10-21(25)24-11-3-4-19(17-24)16-23-12-14-26-15-13-23/h5-6,8-9,19H,3-4,7,10-17H2,1-2H3/t19-/m1/s1. The van der Waals surface area contributed by atoms with Gasteiger partial charge in [0.1, 0.15) is 0 Å². The van der Waals surface area contributed by atoms with Crippen molar-refractivity contribution in [1.29, 1.82) is 0 Å². The molecule has 5 heteroatoms. The van der Waals surface area contributed by atoms with Crippen molar-refractivity contribution in [3.05, 3.63) is 29.8 Å². The number of nitrogens with zero attached hydrogens (tertiary/aromatic N) is 3. The summed E-state index contributed by atoms with van der Waals surface area (Å²) in [6.07, 6.45) is 3.83. The Labute approximate surface area is 157 Å². The minimum atomic E-state index is 0.313. The Morgan fingerprint density at radius 1 is 1.15 bits per heavy atom. The van der Waals surface area contributed by atoms with Crippen molar-refractivity contribution < 1.29 is 9.53 Å². The molecule has 0 saturated carbocycles. The lowest BCUT2D eigenvalue weighted by Crippen LogP contribution is -2.46. The van der Waals surface area contributed by atoms with E-state index in [9.17, 15) is 4.79 Å². The number of piperidine rings is 1. The SMILES string of the molecule is CN(C)c1ccc(CCC(=O)N2CCC[C@H](CN3CCOCC3)C2)cc1. The molecule has 144 valence electrons. The fourth-order valence-electron chi connectivity index (χ4n) is 3.96. The van der Waals surface area contributed by atoms with Gasteiger partial charge >= 0.3 is 0 Å². The fourth-order valence-corrected chi connectivity index (χ4v) is 3.96. The molecule has 0 unspecified atom stereocenters. The summed E-state index contributed by atoms with van der Waals surface area (Å²) in [5.41, 5.74) is 2.44. The second-order valence-corrected chi connectivity index (χ2v) is 7.82. The second kappa shape index (κ2) is 9.38. The number of ether oxygens (including phenoxy) is 1. The maximum absolute atomic E-state index is 12.7. The van der Waals surface area contributed by atoms with E-state index in [-0.39, 0.29) is 0 Å². The van der Waals surface area contributed by atoms with Crippen molar-refractivity contribution in [2.75, 3.05) is 64.9 Å². The van der Waals surface area contributed by atoms with Gasteiger partial charge in [-0.25, -0.2) is 0 Å². The van der Waals surface area contributed by atoms with Crippen LogP contribution in [-0.2, 0) is 16.0 Å². The maximum atomic E-state index is 12.7. The van der Waals surface area contributed by atoms with Crippen LogP contribution in [0.4, 0.5) is 5.69 Å². The van der Waals surface area contributed by atoms with Crippen molar-refractivity contribution in [2.24, 2.45) is 5.92 Å². The molecule has 2 aliphatic rings. The third-order valence-corrected chi connectivity index (χ3v) is 5.57. The van der Waals surface area contributed by atoms with Crippen molar-refractivity contribution >= 4 is 11.6 Å². The summed E-state index contributed by atoms with van der Waals surface area (Å²) in [6, 6.07) is 8.53. The molecular formula is C21H33N3O2. The molecule has 0 spiro atoms. The molecular weight excluding hydrogens is 326 g/mol. The van der Waals surface area contributed by atoms with Crippen molar-refractivity contribution in [1.82, 2.24) is 9.80 Å². The quantitative estimate of drug-likeness (QED) is 0.781. The van der Waals surface area contributed by atoms with Crippen molar-refractivity contribution in [3.8, 4) is 0 Å². The monoisotopic (exact) mass is 359 g/mol. The third-order valence-electron chi connectivity index (χ3n) is 5.57. The van der Waals surface area contributed by atoms with E-state index >= 15 is 0 Å². The Bertz CT molecular complexity index is 567. The second-order valence-electron chi connectivity index (χ2n) is 7.82. The molecule has 0 aromatic heterocycles. The summed E-state index contributed by atoms with van der Waals surface area (Å²) >= 11 is 0. The molecule has 1 aromatic rings. The summed E-state index contributed by atoms with van der Waals surface area (Å²) in [6.45, 7) is 6.73. The van der Waals surface area contributed by atoms with E-state index in [1.165, 1.54) is 17.7 Å². The van der Waals surface area contributed by atoms with Gasteiger partial charge < -0.3 is 14.5 Å². The Balaban J connectivity index is 1.44. The summed E-state index contributed by atoms with van der Waals surface area (Å²) in [5.74, 6) is 0.929. The number of anilines is 1. The Morgan fingerprint density at radius 3 is 2.58 bits per heavy atom. The number of morpholine rings is 1. The van der Waals surface area contributed by atoms with Gasteiger partial charge in [-0.15, -0.1) is 0 Å². The normalized spacial score (nSPS) is 21.6. The Hall–Kier alpha value is -1.59. The zero-order chi connectivity index (χ0) is 18.4. The van der Waals surface area contributed by atoms with Gasteiger partial charge in [0.05, 0.1) is 13.2 Å². The highest BCUT2D eigenvalue weighted by Gasteiger charge is 2.25. The lowest BCUT2D eigenvalue weighted by Gasteiger charge is -2.36. The number of carbonyl (C=O) groups excluding carboxylic acids is 1. The number of amides is 1. The van der Waals surface area contributed by atoms with Crippen LogP contribution in [0.5, 0.6) is 0 Å². The lowest BCUT2D eigenvalue weighted by atomic mass is 9.96. The summed E-state index contributed by atoms with van der Waals surface area (Å²) in [7, 11) is 4.09. The van der Waals surface area contributed by atoms with Crippen LogP contribution in [0.15, 0.2) is 24.3 Å². The van der Waals surface area contributed by atoms with Gasteiger partial charge in [-0.2, -0.15) is 0 Å². The zero-order valence-corrected chi connectivity index (χ0v) is 16.3. The van der Waals surface area contributed by atoms with Crippen LogP contribution in [0, 0.1) is 5.92 Å². The number of benzene rings is 1. The number of hydrogen-bond donors (Lipinski definition) is 0. The minimum absolute atomic E-state index is 0.313. The molecule has 1 aromatic carbocycles. The number of carbonyl (C=O) groups is 1. The molecule has 0 radical (unpaired) electrons. The Kier molecular flexibility index (Phi) is 6.92. The first-order valence-electron chi connectivity index (χ1n) is 9.96. The average molecular weight is 360 g/mol. The van der Waals surface area contributed by atoms with Gasteiger partial charge in [-0.1, -0.05) is 12.1 Å². The van der Waals surface area contributed by atoms with Crippen LogP contribution < -0.4 is 4.90 Å². The highest BCUT2D eigenvalue weighted by molar-refractivity contribution is 5.76. The average Bonchev–Trinajstić information content (AvgIpc) is 2.67. The van der Waals surface area contributed by atoms with Crippen LogP contribution in [0.2, 0.25) is 0 Å². The molecule has 2 heterocycles. The topological polar surface area (TPSA) is 36.0 Å². The van der Waals surface area contributed by atoms with E-state index in [0.29, 0.717) is 18.2 Å². The van der Waals surface area contributed by atoms with Gasteiger partial charge in [-0.05, 0) is 42.9 Å². The van der Waals surface area contributed by atoms with E-state index in [1.54, 1.807) is 0 Å². The molecule has 26 heavy (non-hydrogen) atoms. The molecule has 0 aliphatic carbocycles. The molecule has 3 rings (SSSR count). The number of aryl methyl sites for hydroxylation is 1. The molecule has 0 bridgehead atoms. The van der Waals surface area contributed by atoms with Crippen LogP contribution >= 0.6 is 0 Å². The van der Waals surface area contributed by atoms with Gasteiger partial charge in [-0.3, -0.25) is 9.69 Å². The first-order valence-corrected chi connectivity index (χ1v) is 9.96. The first kappa shape index (κ1) is 19.2. The van der Waals surface area contributed by atoms with Crippen LogP contribution in [0.3, 0.4) is 0 Å². The van der Waals surface area contributed by atoms with Gasteiger partial charge in [0.15, 0.2) is 0 Å². The summed E-state index contributed by atoms with van der Waals surface area (Å²) in [4.78, 5) is 19.4. The van der Waals surface area contributed by atoms with E-state index in [0.717, 1.165) is 58.8 Å². The predicted molar refractivity (Wildman–Crippen MR) is 106 cm³/mol. The lowest BCUT2D eigenvalue weighted by molar-refractivity contribution is -0.133. The molecule has 2 fully saturated rings. The smallest absolute Gasteiger partial charge is 0.222 e. The fraction of sp³-hybridized carbons (Fsp3) is 0.667. The molecule has 0 N–H and O–H groups in total. The van der Waals surface area contributed by atoms with E-state index in [4.69, 9.17) is 4.74 Å². The largest absolute Gasteiger partial charge is 0.379 e. The molecule has 2 aliphatic heterocycles. The number of rotatable bonds is 6. The highest BCUT2D eigenvalue weighted by Crippen LogP contribution is 2.20. The minimum Gasteiger partial charge on any atom is -0.379 e. The van der Waals surface area contributed by atoms with Crippen LogP contribution in [0.25, 0.3) is 0 Å². The van der Waals surface area contributed by atoms with E-state index < -0.39 is 0 Å². The maximum Gasteiger partial charge on any atom is 0.222 e. The molecule has 5 nitrogen and oxygen atoms in total. The third kappa shape index (κ3) is 5.45. The first-order chi connectivity index (χ1) is 12.6. The van der Waals surface area contributed by atoms with Gasteiger partial charge in [0, 0.05) is 58.9 Å². The zero-order valence-electron chi connectivity index (χ0n) is 16.3. The van der Waals surface area contributed by atoms with Crippen LogP contribution in [0.1, 0.15) is 24.8 Å². The molecule has 1 amide bonds. The van der Waals surface area contributed by atoms with Gasteiger partial charge in [0.2, 0.25) is 5.91 Å². The summed E-state index contributed by atoms with van der Waals surface area (Å²) in [5, 5.41) is 0. The Morgan fingerprint density at radius 2 is 1.88 bits per heavy atom. The van der Waals surface area contributed by atoms with E-state index in [1.807, 2.05) is 14.1 Å². The van der Waals surface area contributed by atoms with Crippen molar-refractivity contribution in [3.63, 3.8) is 0 Å². The predicted octanol–water partition coefficient (Wildman–Crippen LogP) is 2.26. The van der Waals surface area contributed by atoms with Crippen LogP contribution in [-0.4, -0.2) is 75.7 Å². The van der Waals surface area contributed by atoms with E-state index in [2.05, 4.69) is 39.0 Å². The van der Waals surface area contributed by atoms with Gasteiger partial charge in [0.25, 0.3) is 0 Å².